The van der Waals surface area contributed by atoms with Crippen LogP contribution in [0.5, 0.6) is 0 Å². The number of morpholine rings is 1. The quantitative estimate of drug-likeness (QED) is 0.855. The molecule has 1 saturated heterocycles. The Bertz CT molecular complexity index is 721. The highest BCUT2D eigenvalue weighted by Crippen LogP contribution is 2.22. The fourth-order valence-corrected chi connectivity index (χ4v) is 3.03. The lowest BCUT2D eigenvalue weighted by Gasteiger charge is -2.35. The average molecular weight is 361 g/mol. The van der Waals surface area contributed by atoms with E-state index in [-0.39, 0.29) is 11.9 Å². The molecule has 0 bridgehead atoms. The van der Waals surface area contributed by atoms with Crippen LogP contribution < -0.4 is 10.6 Å². The molecule has 8 heteroatoms. The molecule has 0 radical (unpaired) electrons. The Morgan fingerprint density at radius 3 is 2.62 bits per heavy atom. The maximum Gasteiger partial charge on any atom is 0.320 e. The molecule has 140 valence electrons. The number of rotatable bonds is 5. The van der Waals surface area contributed by atoms with E-state index in [1.165, 1.54) is 10.2 Å². The van der Waals surface area contributed by atoms with E-state index in [0.717, 1.165) is 24.8 Å². The number of hydrogen-bond acceptors (Lipinski definition) is 4. The Morgan fingerprint density at radius 2 is 2.00 bits per heavy atom. The summed E-state index contributed by atoms with van der Waals surface area (Å²) in [4.78, 5) is 14.5. The third-order valence-electron chi connectivity index (χ3n) is 4.53. The Balaban J connectivity index is 1.67. The van der Waals surface area contributed by atoms with E-state index >= 15 is 0 Å². The molecule has 0 spiro atoms. The zero-order valence-electron chi connectivity index (χ0n) is 15.0. The molecule has 1 aromatic heterocycles. The van der Waals surface area contributed by atoms with E-state index in [2.05, 4.69) is 44.9 Å². The Hall–Kier alpha value is -2.45. The zero-order chi connectivity index (χ0) is 18.5. The van der Waals surface area contributed by atoms with Crippen molar-refractivity contribution in [3.05, 3.63) is 47.4 Å². The molecule has 1 atom stereocenters. The van der Waals surface area contributed by atoms with Gasteiger partial charge in [-0.3, -0.25) is 10.2 Å². The number of carbonyl (C=O) groups excluding carboxylic acids is 1. The van der Waals surface area contributed by atoms with Gasteiger partial charge in [-0.25, -0.2) is 13.9 Å². The van der Waals surface area contributed by atoms with Gasteiger partial charge in [0.1, 0.15) is 0 Å². The van der Waals surface area contributed by atoms with Gasteiger partial charge in [-0.2, -0.15) is 5.10 Å². The summed E-state index contributed by atoms with van der Waals surface area (Å²) in [6.45, 7) is 5.41. The van der Waals surface area contributed by atoms with E-state index < -0.39 is 11.8 Å². The molecule has 26 heavy (non-hydrogen) atoms. The van der Waals surface area contributed by atoms with Crippen molar-refractivity contribution < 1.29 is 13.9 Å². The van der Waals surface area contributed by atoms with E-state index in [0.29, 0.717) is 19.8 Å². The summed E-state index contributed by atoms with van der Waals surface area (Å²) in [5, 5.41) is 9.13. The number of urea groups is 1. The number of aryl methyl sites for hydroxylation is 2. The molecular formula is C18H24FN5O2. The van der Waals surface area contributed by atoms with E-state index in [1.807, 2.05) is 6.92 Å². The van der Waals surface area contributed by atoms with Crippen molar-refractivity contribution in [1.82, 2.24) is 20.0 Å². The standard InChI is InChI=1S/C18H24FN5O2/c1-13-3-5-14(6-4-13)16(24-7-9-26-10-8-24)12-20-18(25)22-17-15(19)11-21-23(17)2/h3-6,11,16H,7-10,12H2,1-2H3,(H2,20,22,25). The molecular weight excluding hydrogens is 337 g/mol. The first kappa shape index (κ1) is 18.3. The van der Waals surface area contributed by atoms with Crippen molar-refractivity contribution in [3.8, 4) is 0 Å². The van der Waals surface area contributed by atoms with E-state index in [4.69, 9.17) is 4.74 Å². The number of anilines is 1. The van der Waals surface area contributed by atoms with Crippen LogP contribution in [0.1, 0.15) is 17.2 Å². The first-order valence-electron chi connectivity index (χ1n) is 8.65. The van der Waals surface area contributed by atoms with Gasteiger partial charge in [0.25, 0.3) is 0 Å². The lowest BCUT2D eigenvalue weighted by molar-refractivity contribution is 0.0168. The summed E-state index contributed by atoms with van der Waals surface area (Å²) in [5.41, 5.74) is 2.32. The minimum atomic E-state index is -0.564. The van der Waals surface area contributed by atoms with Crippen LogP contribution in [0.25, 0.3) is 0 Å². The van der Waals surface area contributed by atoms with E-state index in [9.17, 15) is 9.18 Å². The van der Waals surface area contributed by atoms with E-state index in [1.54, 1.807) is 7.05 Å². The predicted molar refractivity (Wildman–Crippen MR) is 96.5 cm³/mol. The molecule has 2 aromatic rings. The molecule has 0 saturated carbocycles. The fourth-order valence-electron chi connectivity index (χ4n) is 3.03. The van der Waals surface area contributed by atoms with Crippen LogP contribution >= 0.6 is 0 Å². The highest BCUT2D eigenvalue weighted by Gasteiger charge is 2.23. The summed E-state index contributed by atoms with van der Waals surface area (Å²) < 4.78 is 20.3. The predicted octanol–water partition coefficient (Wildman–Crippen LogP) is 2.06. The van der Waals surface area contributed by atoms with Gasteiger partial charge in [0.2, 0.25) is 0 Å². The first-order chi connectivity index (χ1) is 12.5. The third kappa shape index (κ3) is 4.39. The van der Waals surface area contributed by atoms with Gasteiger partial charge in [-0.1, -0.05) is 29.8 Å². The van der Waals surface area contributed by atoms with Gasteiger partial charge >= 0.3 is 6.03 Å². The second-order valence-corrected chi connectivity index (χ2v) is 6.37. The number of carbonyl (C=O) groups is 1. The summed E-state index contributed by atoms with van der Waals surface area (Å²) in [5.74, 6) is -0.522. The summed E-state index contributed by atoms with van der Waals surface area (Å²) in [6, 6.07) is 7.85. The summed E-state index contributed by atoms with van der Waals surface area (Å²) >= 11 is 0. The normalized spacial score (nSPS) is 16.3. The molecule has 2 amide bonds. The number of nitrogens with zero attached hydrogens (tertiary/aromatic N) is 3. The average Bonchev–Trinajstić information content (AvgIpc) is 2.96. The second kappa shape index (κ2) is 8.29. The third-order valence-corrected chi connectivity index (χ3v) is 4.53. The van der Waals surface area contributed by atoms with Crippen LogP contribution in [-0.4, -0.2) is 53.6 Å². The first-order valence-corrected chi connectivity index (χ1v) is 8.65. The Kier molecular flexibility index (Phi) is 5.85. The van der Waals surface area contributed by atoms with Gasteiger partial charge in [0.05, 0.1) is 25.5 Å². The summed E-state index contributed by atoms with van der Waals surface area (Å²) in [6.07, 6.45) is 1.07. The van der Waals surface area contributed by atoms with Crippen molar-refractivity contribution in [2.75, 3.05) is 38.2 Å². The lowest BCUT2D eigenvalue weighted by Crippen LogP contribution is -2.44. The van der Waals surface area contributed by atoms with Crippen molar-refractivity contribution in [1.29, 1.82) is 0 Å². The van der Waals surface area contributed by atoms with Crippen LogP contribution in [0, 0.1) is 12.7 Å². The number of ether oxygens (including phenoxy) is 1. The van der Waals surface area contributed by atoms with Crippen molar-refractivity contribution in [2.24, 2.45) is 7.05 Å². The fraction of sp³-hybridized carbons (Fsp3) is 0.444. The lowest BCUT2D eigenvalue weighted by atomic mass is 10.0. The number of hydrogen-bond donors (Lipinski definition) is 2. The van der Waals surface area contributed by atoms with Gasteiger partial charge in [0, 0.05) is 26.7 Å². The van der Waals surface area contributed by atoms with Gasteiger partial charge in [0.15, 0.2) is 11.6 Å². The minimum absolute atomic E-state index is 0.0293. The van der Waals surface area contributed by atoms with Crippen LogP contribution in [0.3, 0.4) is 0 Å². The topological polar surface area (TPSA) is 71.4 Å². The molecule has 2 N–H and O–H groups in total. The molecule has 1 fully saturated rings. The molecule has 7 nitrogen and oxygen atoms in total. The molecule has 0 aliphatic carbocycles. The Labute approximate surface area is 152 Å². The number of aromatic nitrogens is 2. The number of halogens is 1. The number of nitrogens with one attached hydrogen (secondary N) is 2. The number of amides is 2. The van der Waals surface area contributed by atoms with Crippen LogP contribution in [-0.2, 0) is 11.8 Å². The van der Waals surface area contributed by atoms with Gasteiger partial charge < -0.3 is 10.1 Å². The van der Waals surface area contributed by atoms with Crippen molar-refractivity contribution in [3.63, 3.8) is 0 Å². The van der Waals surface area contributed by atoms with Gasteiger partial charge in [-0.05, 0) is 12.5 Å². The molecule has 1 unspecified atom stereocenters. The molecule has 3 rings (SSSR count). The largest absolute Gasteiger partial charge is 0.379 e. The molecule has 1 aliphatic heterocycles. The molecule has 1 aliphatic rings. The van der Waals surface area contributed by atoms with Crippen molar-refractivity contribution in [2.45, 2.75) is 13.0 Å². The maximum atomic E-state index is 13.6. The van der Waals surface area contributed by atoms with Crippen LogP contribution in [0.15, 0.2) is 30.5 Å². The second-order valence-electron chi connectivity index (χ2n) is 6.37. The summed E-state index contributed by atoms with van der Waals surface area (Å²) in [7, 11) is 1.57. The monoisotopic (exact) mass is 361 g/mol. The molecule has 1 aromatic carbocycles. The SMILES string of the molecule is Cc1ccc(C(CNC(=O)Nc2c(F)cnn2C)N2CCOCC2)cc1. The highest BCUT2D eigenvalue weighted by atomic mass is 19.1. The van der Waals surface area contributed by atoms with Crippen LogP contribution in [0.4, 0.5) is 15.0 Å². The zero-order valence-corrected chi connectivity index (χ0v) is 15.0. The maximum absolute atomic E-state index is 13.6. The minimum Gasteiger partial charge on any atom is -0.379 e. The Morgan fingerprint density at radius 1 is 1.31 bits per heavy atom. The smallest absolute Gasteiger partial charge is 0.320 e. The molecule has 2 heterocycles. The highest BCUT2D eigenvalue weighted by molar-refractivity contribution is 5.88. The van der Waals surface area contributed by atoms with Crippen molar-refractivity contribution >= 4 is 11.8 Å². The number of benzene rings is 1. The van der Waals surface area contributed by atoms with Crippen LogP contribution in [0.2, 0.25) is 0 Å². The van der Waals surface area contributed by atoms with Gasteiger partial charge in [-0.15, -0.1) is 0 Å².